The SMILES string of the molecule is C=CC(/C=C/C(=O)CC(=O)/C=C/c1ccc(OCCN2CCOCC2)cc1OC)=C\C1=C(C)OCCO1. The third kappa shape index (κ3) is 9.40. The molecule has 1 fully saturated rings. The molecule has 1 saturated heterocycles. The van der Waals surface area contributed by atoms with Crippen molar-refractivity contribution in [2.24, 2.45) is 0 Å². The predicted molar refractivity (Wildman–Crippen MR) is 141 cm³/mol. The highest BCUT2D eigenvalue weighted by Crippen LogP contribution is 2.26. The third-order valence-electron chi connectivity index (χ3n) is 5.78. The lowest BCUT2D eigenvalue weighted by Crippen LogP contribution is -2.38. The minimum absolute atomic E-state index is 0.246. The molecule has 198 valence electrons. The molecule has 0 bridgehead atoms. The first-order valence-corrected chi connectivity index (χ1v) is 12.3. The fourth-order valence-electron chi connectivity index (χ4n) is 3.69. The van der Waals surface area contributed by atoms with Crippen LogP contribution in [0.5, 0.6) is 11.5 Å². The molecular formula is C29H35NO7. The van der Waals surface area contributed by atoms with Gasteiger partial charge in [-0.3, -0.25) is 14.5 Å². The molecule has 3 rings (SSSR count). The molecule has 2 heterocycles. The van der Waals surface area contributed by atoms with Gasteiger partial charge in [0.1, 0.15) is 37.1 Å². The Balaban J connectivity index is 1.51. The number of nitrogens with zero attached hydrogens (tertiary/aromatic N) is 1. The first kappa shape index (κ1) is 28.0. The molecule has 0 unspecified atom stereocenters. The van der Waals surface area contributed by atoms with E-state index in [-0.39, 0.29) is 18.0 Å². The Morgan fingerprint density at radius 2 is 1.81 bits per heavy atom. The lowest BCUT2D eigenvalue weighted by atomic mass is 10.1. The summed E-state index contributed by atoms with van der Waals surface area (Å²) >= 11 is 0. The van der Waals surface area contributed by atoms with Crippen LogP contribution in [0.1, 0.15) is 18.9 Å². The Labute approximate surface area is 218 Å². The van der Waals surface area contributed by atoms with Crippen molar-refractivity contribution in [1.82, 2.24) is 4.90 Å². The molecule has 8 nitrogen and oxygen atoms in total. The molecule has 37 heavy (non-hydrogen) atoms. The highest BCUT2D eigenvalue weighted by Gasteiger charge is 2.11. The zero-order chi connectivity index (χ0) is 26.5. The molecule has 8 heteroatoms. The molecule has 2 aliphatic heterocycles. The third-order valence-corrected chi connectivity index (χ3v) is 5.78. The van der Waals surface area contributed by atoms with Gasteiger partial charge in [-0.1, -0.05) is 18.7 Å². The average molecular weight is 510 g/mol. The number of methoxy groups -OCH3 is 1. The monoisotopic (exact) mass is 509 g/mol. The van der Waals surface area contributed by atoms with Crippen LogP contribution in [0.2, 0.25) is 0 Å². The standard InChI is InChI=1S/C29H35NO7/c1-4-23(19-28-22(2)35-17-18-37-28)5-8-25(31)20-26(32)9-6-24-7-10-27(21-29(24)33-3)36-16-13-30-11-14-34-15-12-30/h4-10,19,21H,1,11-18,20H2,2-3H3/b8-5+,9-6+,23-19+. The van der Waals surface area contributed by atoms with E-state index in [4.69, 9.17) is 23.7 Å². The molecule has 0 atom stereocenters. The van der Waals surface area contributed by atoms with Crippen molar-refractivity contribution in [3.63, 3.8) is 0 Å². The van der Waals surface area contributed by atoms with Crippen LogP contribution in [-0.4, -0.2) is 76.2 Å². The van der Waals surface area contributed by atoms with Crippen molar-refractivity contribution < 1.29 is 33.3 Å². The Bertz CT molecular complexity index is 1080. The summed E-state index contributed by atoms with van der Waals surface area (Å²) in [5.41, 5.74) is 1.39. The molecule has 0 saturated carbocycles. The van der Waals surface area contributed by atoms with Gasteiger partial charge in [0, 0.05) is 31.3 Å². The second kappa shape index (κ2) is 14.8. The second-order valence-corrected chi connectivity index (χ2v) is 8.45. The van der Waals surface area contributed by atoms with E-state index in [0.29, 0.717) is 48.4 Å². The normalized spacial score (nSPS) is 17.0. The molecule has 2 aliphatic rings. The van der Waals surface area contributed by atoms with E-state index in [1.54, 1.807) is 37.5 Å². The first-order valence-electron chi connectivity index (χ1n) is 12.3. The fourth-order valence-corrected chi connectivity index (χ4v) is 3.69. The quantitative estimate of drug-likeness (QED) is 0.225. The van der Waals surface area contributed by atoms with E-state index in [0.717, 1.165) is 38.4 Å². The lowest BCUT2D eigenvalue weighted by molar-refractivity contribution is -0.121. The van der Waals surface area contributed by atoms with Gasteiger partial charge in [0.15, 0.2) is 17.3 Å². The highest BCUT2D eigenvalue weighted by atomic mass is 16.6. The van der Waals surface area contributed by atoms with Gasteiger partial charge >= 0.3 is 0 Å². The van der Waals surface area contributed by atoms with E-state index in [2.05, 4.69) is 11.5 Å². The molecule has 0 aromatic heterocycles. The average Bonchev–Trinajstić information content (AvgIpc) is 2.91. The van der Waals surface area contributed by atoms with E-state index < -0.39 is 0 Å². The van der Waals surface area contributed by atoms with Crippen molar-refractivity contribution in [3.05, 3.63) is 77.8 Å². The van der Waals surface area contributed by atoms with Crippen LogP contribution < -0.4 is 9.47 Å². The molecule has 1 aromatic carbocycles. The lowest BCUT2D eigenvalue weighted by Gasteiger charge is -2.26. The molecule has 0 N–H and O–H groups in total. The largest absolute Gasteiger partial charge is 0.496 e. The summed E-state index contributed by atoms with van der Waals surface area (Å²) in [5, 5.41) is 0. The maximum atomic E-state index is 12.4. The predicted octanol–water partition coefficient (Wildman–Crippen LogP) is 3.89. The first-order chi connectivity index (χ1) is 18.0. The summed E-state index contributed by atoms with van der Waals surface area (Å²) in [6, 6.07) is 5.45. The second-order valence-electron chi connectivity index (χ2n) is 8.45. The van der Waals surface area contributed by atoms with Crippen molar-refractivity contribution in [2.75, 3.05) is 59.8 Å². The maximum absolute atomic E-state index is 12.4. The Morgan fingerprint density at radius 3 is 2.54 bits per heavy atom. The number of hydrogen-bond donors (Lipinski definition) is 0. The summed E-state index contributed by atoms with van der Waals surface area (Å²) in [6.45, 7) is 11.3. The van der Waals surface area contributed by atoms with E-state index >= 15 is 0 Å². The molecule has 0 radical (unpaired) electrons. The summed E-state index contributed by atoms with van der Waals surface area (Å²) in [4.78, 5) is 27.0. The van der Waals surface area contributed by atoms with Crippen molar-refractivity contribution in [1.29, 1.82) is 0 Å². The Hall–Kier alpha value is -3.62. The van der Waals surface area contributed by atoms with Gasteiger partial charge in [-0.25, -0.2) is 0 Å². The number of rotatable bonds is 13. The minimum Gasteiger partial charge on any atom is -0.496 e. The zero-order valence-electron chi connectivity index (χ0n) is 21.6. The van der Waals surface area contributed by atoms with E-state index in [1.807, 2.05) is 19.1 Å². The summed E-state index contributed by atoms with van der Waals surface area (Å²) in [6.07, 6.45) is 9.09. The van der Waals surface area contributed by atoms with Gasteiger partial charge in [0.2, 0.25) is 0 Å². The fraction of sp³-hybridized carbons (Fsp3) is 0.379. The minimum atomic E-state index is -0.315. The van der Waals surface area contributed by atoms with Crippen LogP contribution in [0, 0.1) is 0 Å². The summed E-state index contributed by atoms with van der Waals surface area (Å²) < 4.78 is 27.7. The number of ether oxygens (including phenoxy) is 5. The summed E-state index contributed by atoms with van der Waals surface area (Å²) in [7, 11) is 1.56. The van der Waals surface area contributed by atoms with Crippen LogP contribution in [0.4, 0.5) is 0 Å². The van der Waals surface area contributed by atoms with Crippen LogP contribution in [0.3, 0.4) is 0 Å². The van der Waals surface area contributed by atoms with Crippen LogP contribution in [0.15, 0.2) is 72.2 Å². The van der Waals surface area contributed by atoms with E-state index in [1.165, 1.54) is 12.2 Å². The summed E-state index contributed by atoms with van der Waals surface area (Å²) in [5.74, 6) is 1.92. The molecule has 0 aliphatic carbocycles. The Kier molecular flexibility index (Phi) is 11.2. The van der Waals surface area contributed by atoms with Crippen molar-refractivity contribution >= 4 is 17.6 Å². The van der Waals surface area contributed by atoms with E-state index in [9.17, 15) is 9.59 Å². The molecule has 0 amide bonds. The maximum Gasteiger partial charge on any atom is 0.163 e. The van der Waals surface area contributed by atoms with Crippen molar-refractivity contribution in [2.45, 2.75) is 13.3 Å². The highest BCUT2D eigenvalue weighted by molar-refractivity contribution is 6.10. The number of ketones is 2. The molecular weight excluding hydrogens is 474 g/mol. The Morgan fingerprint density at radius 1 is 1.05 bits per heavy atom. The number of carbonyl (C=O) groups is 2. The molecule has 0 spiro atoms. The van der Waals surface area contributed by atoms with Gasteiger partial charge in [0.05, 0.1) is 26.7 Å². The van der Waals surface area contributed by atoms with Gasteiger partial charge in [-0.05, 0) is 48.9 Å². The van der Waals surface area contributed by atoms with Gasteiger partial charge in [-0.15, -0.1) is 0 Å². The van der Waals surface area contributed by atoms with Crippen LogP contribution in [0.25, 0.3) is 6.08 Å². The van der Waals surface area contributed by atoms with Crippen LogP contribution in [-0.2, 0) is 23.8 Å². The molecule has 1 aromatic rings. The zero-order valence-corrected chi connectivity index (χ0v) is 21.6. The number of carbonyl (C=O) groups excluding carboxylic acids is 2. The van der Waals surface area contributed by atoms with Gasteiger partial charge < -0.3 is 23.7 Å². The van der Waals surface area contributed by atoms with Gasteiger partial charge in [-0.2, -0.15) is 0 Å². The topological polar surface area (TPSA) is 83.5 Å². The number of morpholine rings is 1. The van der Waals surface area contributed by atoms with Crippen molar-refractivity contribution in [3.8, 4) is 11.5 Å². The van der Waals surface area contributed by atoms with Crippen LogP contribution >= 0.6 is 0 Å². The number of allylic oxidation sites excluding steroid dienone is 7. The number of hydrogen-bond acceptors (Lipinski definition) is 8. The number of benzene rings is 1. The smallest absolute Gasteiger partial charge is 0.163 e. The van der Waals surface area contributed by atoms with Gasteiger partial charge in [0.25, 0.3) is 0 Å².